The van der Waals surface area contributed by atoms with Gasteiger partial charge in [0, 0.05) is 51.4 Å². The number of anilines is 2. The SMILES string of the molecule is CC1CCN(c2nnc(SCC(=O)N3CCN(c4ccccc4[N+](=O)[O-])CC3)n2C2CC2)CC1. The molecule has 1 aromatic carbocycles. The first-order valence-electron chi connectivity index (χ1n) is 12.1. The maximum atomic E-state index is 12.9. The molecular formula is C23H31N7O3S. The third-order valence-corrected chi connectivity index (χ3v) is 7.93. The summed E-state index contributed by atoms with van der Waals surface area (Å²) < 4.78 is 2.25. The summed E-state index contributed by atoms with van der Waals surface area (Å²) >= 11 is 1.47. The van der Waals surface area contributed by atoms with Gasteiger partial charge in [-0.05, 0) is 37.7 Å². The normalized spacial score (nSPS) is 19.5. The second-order valence-corrected chi connectivity index (χ2v) is 10.4. The lowest BCUT2D eigenvalue weighted by Gasteiger charge is -2.35. The summed E-state index contributed by atoms with van der Waals surface area (Å²) in [4.78, 5) is 30.1. The number of nitro groups is 1. The van der Waals surface area contributed by atoms with Gasteiger partial charge in [-0.1, -0.05) is 30.8 Å². The van der Waals surface area contributed by atoms with Crippen molar-refractivity contribution in [2.24, 2.45) is 5.92 Å². The number of piperidine rings is 1. The van der Waals surface area contributed by atoms with Crippen LogP contribution in [0.1, 0.15) is 38.6 Å². The zero-order chi connectivity index (χ0) is 23.7. The Morgan fingerprint density at radius 2 is 1.74 bits per heavy atom. The van der Waals surface area contributed by atoms with E-state index in [2.05, 4.69) is 26.6 Å². The number of carbonyl (C=O) groups excluding carboxylic acids is 1. The van der Waals surface area contributed by atoms with Crippen molar-refractivity contribution in [3.8, 4) is 0 Å². The molecule has 1 saturated carbocycles. The Morgan fingerprint density at radius 3 is 2.41 bits per heavy atom. The zero-order valence-electron chi connectivity index (χ0n) is 19.5. The molecule has 10 nitrogen and oxygen atoms in total. The molecule has 0 spiro atoms. The lowest BCUT2D eigenvalue weighted by atomic mass is 10.00. The average Bonchev–Trinajstić information content (AvgIpc) is 3.62. The molecule has 182 valence electrons. The van der Waals surface area contributed by atoms with E-state index in [1.54, 1.807) is 12.1 Å². The largest absolute Gasteiger partial charge is 0.362 e. The Morgan fingerprint density at radius 1 is 1.03 bits per heavy atom. The van der Waals surface area contributed by atoms with Gasteiger partial charge in [-0.3, -0.25) is 19.5 Å². The molecule has 0 radical (unpaired) electrons. The monoisotopic (exact) mass is 485 g/mol. The van der Waals surface area contributed by atoms with Crippen LogP contribution in [0.4, 0.5) is 17.3 Å². The van der Waals surface area contributed by atoms with Crippen LogP contribution in [0.2, 0.25) is 0 Å². The van der Waals surface area contributed by atoms with Gasteiger partial charge in [0.2, 0.25) is 11.9 Å². The average molecular weight is 486 g/mol. The number of carbonyl (C=O) groups is 1. The Labute approximate surface area is 203 Å². The molecule has 5 rings (SSSR count). The van der Waals surface area contributed by atoms with E-state index in [0.717, 1.165) is 43.0 Å². The van der Waals surface area contributed by atoms with Crippen LogP contribution in [0.3, 0.4) is 0 Å². The second-order valence-electron chi connectivity index (χ2n) is 9.46. The van der Waals surface area contributed by atoms with E-state index in [1.165, 1.54) is 30.7 Å². The van der Waals surface area contributed by atoms with Gasteiger partial charge in [0.1, 0.15) is 5.69 Å². The van der Waals surface area contributed by atoms with Crippen LogP contribution in [0, 0.1) is 16.0 Å². The number of nitrogens with zero attached hydrogens (tertiary/aromatic N) is 7. The van der Waals surface area contributed by atoms with Crippen molar-refractivity contribution in [2.75, 3.05) is 54.8 Å². The Balaban J connectivity index is 1.18. The van der Waals surface area contributed by atoms with Crippen LogP contribution in [0.5, 0.6) is 0 Å². The van der Waals surface area contributed by atoms with Crippen molar-refractivity contribution < 1.29 is 9.72 Å². The number of hydrogen-bond donors (Lipinski definition) is 0. The van der Waals surface area contributed by atoms with Crippen molar-refractivity contribution in [1.29, 1.82) is 0 Å². The van der Waals surface area contributed by atoms with Crippen LogP contribution in [0.15, 0.2) is 29.4 Å². The van der Waals surface area contributed by atoms with Gasteiger partial charge in [0.25, 0.3) is 5.69 Å². The predicted molar refractivity (Wildman–Crippen MR) is 132 cm³/mol. The molecule has 0 unspecified atom stereocenters. The molecule has 0 atom stereocenters. The lowest BCUT2D eigenvalue weighted by Crippen LogP contribution is -2.49. The summed E-state index contributed by atoms with van der Waals surface area (Å²) in [6.45, 7) is 6.60. The van der Waals surface area contributed by atoms with Crippen LogP contribution in [-0.4, -0.2) is 75.5 Å². The van der Waals surface area contributed by atoms with Crippen molar-refractivity contribution in [1.82, 2.24) is 19.7 Å². The molecular weight excluding hydrogens is 454 g/mol. The number of hydrogen-bond acceptors (Lipinski definition) is 8. The van der Waals surface area contributed by atoms with Crippen LogP contribution in [-0.2, 0) is 4.79 Å². The van der Waals surface area contributed by atoms with Crippen molar-refractivity contribution in [3.63, 3.8) is 0 Å². The number of rotatable bonds is 7. The maximum absolute atomic E-state index is 12.9. The third kappa shape index (κ3) is 4.84. The number of piperazine rings is 1. The van der Waals surface area contributed by atoms with Gasteiger partial charge >= 0.3 is 0 Å². The molecule has 11 heteroatoms. The molecule has 3 fully saturated rings. The van der Waals surface area contributed by atoms with Crippen LogP contribution < -0.4 is 9.80 Å². The summed E-state index contributed by atoms with van der Waals surface area (Å²) in [6.07, 6.45) is 4.64. The van der Waals surface area contributed by atoms with Gasteiger partial charge < -0.3 is 14.7 Å². The molecule has 0 N–H and O–H groups in total. The minimum absolute atomic E-state index is 0.0749. The molecule has 3 heterocycles. The number of aromatic nitrogens is 3. The second kappa shape index (κ2) is 9.81. The van der Waals surface area contributed by atoms with E-state index in [0.29, 0.717) is 43.7 Å². The van der Waals surface area contributed by atoms with E-state index in [4.69, 9.17) is 0 Å². The standard InChI is InChI=1S/C23H31N7O3S/c1-17-8-10-28(11-9-17)22-24-25-23(29(22)18-6-7-18)34-16-21(31)27-14-12-26(13-15-27)19-4-2-3-5-20(19)30(32)33/h2-5,17-18H,6-16H2,1H3. The minimum Gasteiger partial charge on any atom is -0.362 e. The number of amides is 1. The highest BCUT2D eigenvalue weighted by Crippen LogP contribution is 2.41. The third-order valence-electron chi connectivity index (χ3n) is 7.00. The lowest BCUT2D eigenvalue weighted by molar-refractivity contribution is -0.384. The quantitative estimate of drug-likeness (QED) is 0.335. The number of nitro benzene ring substituents is 1. The summed E-state index contributed by atoms with van der Waals surface area (Å²) in [5.41, 5.74) is 0.724. The summed E-state index contributed by atoms with van der Waals surface area (Å²) in [5, 5.41) is 21.2. The first-order chi connectivity index (χ1) is 16.5. The maximum Gasteiger partial charge on any atom is 0.292 e. The highest BCUT2D eigenvalue weighted by atomic mass is 32.2. The van der Waals surface area contributed by atoms with Gasteiger partial charge in [0.15, 0.2) is 5.16 Å². The fourth-order valence-electron chi connectivity index (χ4n) is 4.74. The molecule has 2 aromatic rings. The van der Waals surface area contributed by atoms with Crippen LogP contribution in [0.25, 0.3) is 0 Å². The van der Waals surface area contributed by atoms with Gasteiger partial charge in [-0.25, -0.2) is 0 Å². The number of benzene rings is 1. The first kappa shape index (κ1) is 22.9. The Hall–Kier alpha value is -2.82. The molecule has 2 saturated heterocycles. The minimum atomic E-state index is -0.349. The smallest absolute Gasteiger partial charge is 0.292 e. The molecule has 1 amide bonds. The summed E-state index contributed by atoms with van der Waals surface area (Å²) in [6, 6.07) is 7.24. The van der Waals surface area contributed by atoms with Crippen molar-refractivity contribution in [3.05, 3.63) is 34.4 Å². The van der Waals surface area contributed by atoms with Gasteiger partial charge in [-0.15, -0.1) is 10.2 Å². The molecule has 34 heavy (non-hydrogen) atoms. The zero-order valence-corrected chi connectivity index (χ0v) is 20.3. The topological polar surface area (TPSA) is 101 Å². The predicted octanol–water partition coefficient (Wildman–Crippen LogP) is 3.20. The van der Waals surface area contributed by atoms with Gasteiger partial charge in [-0.2, -0.15) is 0 Å². The number of para-hydroxylation sites is 2. The van der Waals surface area contributed by atoms with Crippen LogP contribution >= 0.6 is 11.8 Å². The molecule has 1 aliphatic carbocycles. The fourth-order valence-corrected chi connectivity index (χ4v) is 5.65. The van der Waals surface area contributed by atoms with Crippen molar-refractivity contribution >= 4 is 35.0 Å². The number of thioether (sulfide) groups is 1. The molecule has 1 aromatic heterocycles. The summed E-state index contributed by atoms with van der Waals surface area (Å²) in [5.74, 6) is 2.12. The molecule has 2 aliphatic heterocycles. The molecule has 0 bridgehead atoms. The van der Waals surface area contributed by atoms with E-state index >= 15 is 0 Å². The van der Waals surface area contributed by atoms with E-state index in [1.807, 2.05) is 15.9 Å². The van der Waals surface area contributed by atoms with E-state index in [-0.39, 0.29) is 16.5 Å². The fraction of sp³-hybridized carbons (Fsp3) is 0.609. The van der Waals surface area contributed by atoms with E-state index < -0.39 is 0 Å². The Bertz CT molecular complexity index is 1040. The first-order valence-corrected chi connectivity index (χ1v) is 13.1. The van der Waals surface area contributed by atoms with Gasteiger partial charge in [0.05, 0.1) is 10.7 Å². The highest BCUT2D eigenvalue weighted by Gasteiger charge is 2.33. The van der Waals surface area contributed by atoms with Crippen molar-refractivity contribution in [2.45, 2.75) is 43.8 Å². The Kier molecular flexibility index (Phi) is 6.62. The summed E-state index contributed by atoms with van der Waals surface area (Å²) in [7, 11) is 0. The highest BCUT2D eigenvalue weighted by molar-refractivity contribution is 7.99. The van der Waals surface area contributed by atoms with E-state index in [9.17, 15) is 14.9 Å². The molecule has 3 aliphatic rings.